The molecule has 31 heavy (non-hydrogen) atoms. The van der Waals surface area contributed by atoms with Crippen molar-refractivity contribution in [2.75, 3.05) is 6.54 Å². The van der Waals surface area contributed by atoms with Gasteiger partial charge in [-0.3, -0.25) is 24.0 Å². The molecule has 0 aliphatic carbocycles. The molecule has 3 atom stereocenters. The molecule has 3 heterocycles. The van der Waals surface area contributed by atoms with Crippen LogP contribution in [-0.2, 0) is 25.7 Å². The lowest BCUT2D eigenvalue weighted by atomic mass is 10.1. The Morgan fingerprint density at radius 3 is 2.68 bits per heavy atom. The number of pyridine rings is 1. The van der Waals surface area contributed by atoms with E-state index in [9.17, 15) is 24.0 Å². The smallest absolute Gasteiger partial charge is 0.254 e. The van der Waals surface area contributed by atoms with E-state index in [2.05, 4.69) is 10.6 Å². The fraction of sp³-hybridized carbons (Fsp3) is 0.500. The molecule has 0 saturated carbocycles. The highest BCUT2D eigenvalue weighted by atomic mass is 16.2. The van der Waals surface area contributed by atoms with E-state index in [1.807, 2.05) is 0 Å². The largest absolute Gasteiger partial charge is 0.368 e. The summed E-state index contributed by atoms with van der Waals surface area (Å²) in [7, 11) is 0. The van der Waals surface area contributed by atoms with Crippen molar-refractivity contribution in [1.29, 1.82) is 0 Å². The van der Waals surface area contributed by atoms with Crippen LogP contribution in [0.1, 0.15) is 42.5 Å². The van der Waals surface area contributed by atoms with Crippen molar-refractivity contribution < 1.29 is 28.5 Å². The normalized spacial score (nSPS) is 21.4. The van der Waals surface area contributed by atoms with Gasteiger partial charge in [-0.05, 0) is 25.3 Å². The minimum absolute atomic E-state index is 0.208. The predicted molar refractivity (Wildman–Crippen MR) is 107 cm³/mol. The second-order valence-electron chi connectivity index (χ2n) is 7.80. The van der Waals surface area contributed by atoms with Gasteiger partial charge in [0.15, 0.2) is 18.9 Å². The lowest BCUT2D eigenvalue weighted by molar-refractivity contribution is -0.697. The molecule has 1 aromatic rings. The number of hydrogen-bond acceptors (Lipinski definition) is 5. The van der Waals surface area contributed by atoms with Crippen molar-refractivity contribution in [2.45, 2.75) is 56.8 Å². The lowest BCUT2D eigenvalue weighted by Gasteiger charge is -2.28. The van der Waals surface area contributed by atoms with Crippen molar-refractivity contribution in [3.05, 3.63) is 30.1 Å². The maximum Gasteiger partial charge on any atom is 0.254 e. The van der Waals surface area contributed by atoms with Crippen LogP contribution in [0.5, 0.6) is 0 Å². The Hall–Kier alpha value is -3.50. The summed E-state index contributed by atoms with van der Waals surface area (Å²) in [5.41, 5.74) is 11.1. The molecule has 1 unspecified atom stereocenters. The van der Waals surface area contributed by atoms with E-state index in [1.165, 1.54) is 4.90 Å². The average molecular weight is 431 g/mol. The van der Waals surface area contributed by atoms with Crippen LogP contribution in [0.2, 0.25) is 0 Å². The molecule has 2 aliphatic rings. The summed E-state index contributed by atoms with van der Waals surface area (Å²) in [4.78, 5) is 61.8. The Kier molecular flexibility index (Phi) is 6.83. The summed E-state index contributed by atoms with van der Waals surface area (Å²) in [6.45, 7) is 0.688. The Morgan fingerprint density at radius 1 is 1.26 bits per heavy atom. The van der Waals surface area contributed by atoms with Crippen molar-refractivity contribution in [1.82, 2.24) is 15.5 Å². The molecule has 3 rings (SSSR count). The van der Waals surface area contributed by atoms with E-state index in [0.29, 0.717) is 37.9 Å². The van der Waals surface area contributed by atoms with Crippen molar-refractivity contribution >= 4 is 29.5 Å². The average Bonchev–Trinajstić information content (AvgIpc) is 3.40. The summed E-state index contributed by atoms with van der Waals surface area (Å²) in [5, 5.41) is 5.30. The second-order valence-corrected chi connectivity index (χ2v) is 7.80. The highest BCUT2D eigenvalue weighted by Crippen LogP contribution is 2.19. The van der Waals surface area contributed by atoms with Gasteiger partial charge in [0.05, 0.1) is 0 Å². The van der Waals surface area contributed by atoms with Crippen molar-refractivity contribution in [2.24, 2.45) is 11.5 Å². The summed E-state index contributed by atoms with van der Waals surface area (Å²) in [5.74, 6) is -2.22. The quantitative estimate of drug-likeness (QED) is 0.339. The van der Waals surface area contributed by atoms with Gasteiger partial charge in [-0.25, -0.2) is 4.57 Å². The zero-order chi connectivity index (χ0) is 22.5. The number of nitrogens with one attached hydrogen (secondary N) is 2. The number of likely N-dealkylation sites (tertiary alicyclic amines) is 1. The Bertz CT molecular complexity index is 904. The van der Waals surface area contributed by atoms with Crippen LogP contribution in [0.25, 0.3) is 0 Å². The summed E-state index contributed by atoms with van der Waals surface area (Å²) in [6.07, 6.45) is 5.22. The lowest BCUT2D eigenvalue weighted by Crippen LogP contribution is -2.56. The molecule has 5 amide bonds. The first-order chi connectivity index (χ1) is 14.8. The van der Waals surface area contributed by atoms with Crippen molar-refractivity contribution in [3.63, 3.8) is 0 Å². The van der Waals surface area contributed by atoms with Gasteiger partial charge in [0.1, 0.15) is 23.7 Å². The van der Waals surface area contributed by atoms with Gasteiger partial charge in [0.2, 0.25) is 23.6 Å². The highest BCUT2D eigenvalue weighted by molar-refractivity contribution is 5.95. The molecule has 0 spiro atoms. The van der Waals surface area contributed by atoms with E-state index in [4.69, 9.17) is 11.5 Å². The van der Waals surface area contributed by atoms with Crippen LogP contribution in [-0.4, -0.2) is 59.1 Å². The molecule has 1 aromatic heterocycles. The summed E-state index contributed by atoms with van der Waals surface area (Å²) >= 11 is 0. The van der Waals surface area contributed by atoms with Gasteiger partial charge < -0.3 is 27.0 Å². The molecule has 2 aliphatic heterocycles. The van der Waals surface area contributed by atoms with E-state index in [0.717, 1.165) is 0 Å². The fourth-order valence-corrected chi connectivity index (χ4v) is 3.95. The van der Waals surface area contributed by atoms with Gasteiger partial charge in [-0.1, -0.05) is 0 Å². The Morgan fingerprint density at radius 2 is 2.03 bits per heavy atom. The summed E-state index contributed by atoms with van der Waals surface area (Å²) in [6, 6.07) is 0.915. The number of aromatic nitrogens is 1. The van der Waals surface area contributed by atoms with Crippen LogP contribution < -0.4 is 26.7 Å². The third kappa shape index (κ3) is 5.36. The maximum atomic E-state index is 13.2. The number of carbonyl (C=O) groups excluding carboxylic acids is 5. The minimum Gasteiger partial charge on any atom is -0.368 e. The number of amides is 5. The number of aryl methyl sites for hydroxylation is 1. The van der Waals surface area contributed by atoms with Gasteiger partial charge in [0, 0.05) is 25.5 Å². The molecule has 0 aromatic carbocycles. The first-order valence-corrected chi connectivity index (χ1v) is 10.2. The SMILES string of the molecule is NC(=O)c1ccc[n+](CCC(NC(=O)[C@@H]2CCC(=O)N2)C(=O)N2CCC[C@H]2C(N)=O)c1. The standard InChI is InChI=1S/C20H26N6O5/c21-17(28)12-3-1-8-25(11-12)10-7-14(24-19(30)13-5-6-16(27)23-13)20(31)26-9-2-4-15(26)18(22)29/h1,3,8,11,13-15H,2,4-7,9-10H2,(H5-,21,22,23,24,27,28,29,30)/p+1/t13-,14?,15-/m0/s1. The third-order valence-electron chi connectivity index (χ3n) is 5.61. The van der Waals surface area contributed by atoms with Gasteiger partial charge in [-0.15, -0.1) is 0 Å². The number of carbonyl (C=O) groups is 5. The van der Waals surface area contributed by atoms with Crippen molar-refractivity contribution in [3.8, 4) is 0 Å². The monoisotopic (exact) mass is 431 g/mol. The molecule has 2 fully saturated rings. The second kappa shape index (κ2) is 9.54. The van der Waals surface area contributed by atoms with E-state index >= 15 is 0 Å². The third-order valence-corrected chi connectivity index (χ3v) is 5.61. The molecule has 11 nitrogen and oxygen atoms in total. The first kappa shape index (κ1) is 22.2. The predicted octanol–water partition coefficient (Wildman–Crippen LogP) is -2.30. The number of primary amides is 2. The maximum absolute atomic E-state index is 13.2. The zero-order valence-electron chi connectivity index (χ0n) is 17.1. The molecule has 6 N–H and O–H groups in total. The van der Waals surface area contributed by atoms with E-state index in [1.54, 1.807) is 29.1 Å². The topological polar surface area (TPSA) is 169 Å². The van der Waals surface area contributed by atoms with Crippen LogP contribution in [0.4, 0.5) is 0 Å². The van der Waals surface area contributed by atoms with Crippen LogP contribution in [0.3, 0.4) is 0 Å². The molecule has 0 radical (unpaired) electrons. The zero-order valence-corrected chi connectivity index (χ0v) is 17.1. The van der Waals surface area contributed by atoms with Gasteiger partial charge in [-0.2, -0.15) is 0 Å². The number of nitrogens with zero attached hydrogens (tertiary/aromatic N) is 2. The molecule has 11 heteroatoms. The molecular formula is C20H27N6O5+. The van der Waals surface area contributed by atoms with E-state index in [-0.39, 0.29) is 18.7 Å². The number of nitrogens with two attached hydrogens (primary N) is 2. The molecule has 2 saturated heterocycles. The van der Waals surface area contributed by atoms with Crippen LogP contribution in [0.15, 0.2) is 24.5 Å². The molecular weight excluding hydrogens is 404 g/mol. The van der Waals surface area contributed by atoms with Gasteiger partial charge >= 0.3 is 0 Å². The molecule has 166 valence electrons. The van der Waals surface area contributed by atoms with Gasteiger partial charge in [0.25, 0.3) is 5.91 Å². The number of rotatable bonds is 8. The Balaban J connectivity index is 1.75. The fourth-order valence-electron chi connectivity index (χ4n) is 3.95. The van der Waals surface area contributed by atoms with E-state index < -0.39 is 41.8 Å². The number of hydrogen-bond donors (Lipinski definition) is 4. The minimum atomic E-state index is -0.922. The highest BCUT2D eigenvalue weighted by Gasteiger charge is 2.38. The first-order valence-electron chi connectivity index (χ1n) is 10.2. The van der Waals surface area contributed by atoms with Crippen LogP contribution in [0, 0.1) is 0 Å². The van der Waals surface area contributed by atoms with Crippen LogP contribution >= 0.6 is 0 Å². The Labute approximate surface area is 179 Å². The molecule has 0 bridgehead atoms. The summed E-state index contributed by atoms with van der Waals surface area (Å²) < 4.78 is 1.69.